The van der Waals surface area contributed by atoms with Gasteiger partial charge in [0.05, 0.1) is 5.76 Å². The van der Waals surface area contributed by atoms with Crippen molar-refractivity contribution >= 4 is 16.9 Å². The minimum absolute atomic E-state index is 0. The molecule has 2 aromatic carbocycles. The van der Waals surface area contributed by atoms with Crippen LogP contribution in [0.2, 0.25) is 0 Å². The zero-order chi connectivity index (χ0) is 24.3. The van der Waals surface area contributed by atoms with E-state index in [1.165, 1.54) is 42.2 Å². The summed E-state index contributed by atoms with van der Waals surface area (Å²) < 4.78 is 6.15. The first-order chi connectivity index (χ1) is 15.5. The summed E-state index contributed by atoms with van der Waals surface area (Å²) in [5.74, 6) is 0.816. The molecule has 0 bridgehead atoms. The molecule has 0 amide bonds. The Labute approximate surface area is 215 Å². The smallest absolute Gasteiger partial charge is 0.217 e. The fourth-order valence-corrected chi connectivity index (χ4v) is 4.09. The maximum atomic E-state index is 10.0. The van der Waals surface area contributed by atoms with Crippen LogP contribution in [0.1, 0.15) is 41.7 Å². The third-order valence-corrected chi connectivity index (χ3v) is 5.14. The van der Waals surface area contributed by atoms with Crippen LogP contribution in [0.5, 0.6) is 0 Å². The molecule has 2 aromatic heterocycles. The molecule has 34 heavy (non-hydrogen) atoms. The van der Waals surface area contributed by atoms with Crippen LogP contribution in [0, 0.1) is 40.7 Å². The van der Waals surface area contributed by atoms with Gasteiger partial charge in [-0.2, -0.15) is 0 Å². The van der Waals surface area contributed by atoms with Gasteiger partial charge in [0.15, 0.2) is 5.78 Å². The molecule has 0 unspecified atom stereocenters. The molecule has 2 heterocycles. The van der Waals surface area contributed by atoms with Crippen molar-refractivity contribution in [2.24, 2.45) is 0 Å². The molecule has 0 fully saturated rings. The van der Waals surface area contributed by atoms with Crippen molar-refractivity contribution in [3.05, 3.63) is 88.2 Å². The predicted octanol–water partition coefficient (Wildman–Crippen LogP) is 7.54. The number of carbonyl (C=O) groups is 1. The average Bonchev–Trinajstić information content (AvgIpc) is 3.08. The summed E-state index contributed by atoms with van der Waals surface area (Å²) in [6.45, 7) is 13.4. The number of ketones is 1. The number of nitrogens with zero attached hydrogens (tertiary/aromatic N) is 1. The molecule has 179 valence electrons. The fourth-order valence-electron chi connectivity index (χ4n) is 4.09. The van der Waals surface area contributed by atoms with Gasteiger partial charge in [0.2, 0.25) is 5.71 Å². The number of benzene rings is 2. The molecular weight excluding hydrogens is 603 g/mol. The zero-order valence-electron chi connectivity index (χ0n) is 20.7. The molecule has 0 spiro atoms. The van der Waals surface area contributed by atoms with E-state index < -0.39 is 0 Å². The summed E-state index contributed by atoms with van der Waals surface area (Å²) in [7, 11) is 0. The molecule has 1 N–H and O–H groups in total. The normalized spacial score (nSPS) is 11.0. The van der Waals surface area contributed by atoms with Crippen LogP contribution in [-0.4, -0.2) is 15.9 Å². The van der Waals surface area contributed by atoms with E-state index in [0.29, 0.717) is 5.71 Å². The molecule has 4 aromatic rings. The third-order valence-electron chi connectivity index (χ3n) is 5.14. The van der Waals surface area contributed by atoms with Crippen molar-refractivity contribution < 1.29 is 34.4 Å². The first-order valence-corrected chi connectivity index (χ1v) is 10.9. The molecule has 0 saturated carbocycles. The second kappa shape index (κ2) is 11.4. The van der Waals surface area contributed by atoms with Crippen molar-refractivity contribution in [3.8, 4) is 22.6 Å². The van der Waals surface area contributed by atoms with E-state index in [1.54, 1.807) is 0 Å². The van der Waals surface area contributed by atoms with Crippen molar-refractivity contribution in [2.45, 2.75) is 48.5 Å². The zero-order valence-corrected chi connectivity index (χ0v) is 23.1. The molecule has 0 aliphatic rings. The van der Waals surface area contributed by atoms with Gasteiger partial charge in [0.1, 0.15) is 5.76 Å². The van der Waals surface area contributed by atoms with Crippen molar-refractivity contribution in [3.63, 3.8) is 0 Å². The third kappa shape index (κ3) is 6.75. The van der Waals surface area contributed by atoms with Gasteiger partial charge in [-0.05, 0) is 57.5 Å². The molecule has 5 heteroatoms. The Hall–Kier alpha value is -3.01. The van der Waals surface area contributed by atoms with Gasteiger partial charge in [0.25, 0.3) is 0 Å². The number of aliphatic hydroxyl groups is 1. The van der Waals surface area contributed by atoms with Gasteiger partial charge >= 0.3 is 0 Å². The summed E-state index contributed by atoms with van der Waals surface area (Å²) in [5, 5.41) is 9.38. The van der Waals surface area contributed by atoms with E-state index in [4.69, 9.17) is 14.5 Å². The largest absolute Gasteiger partial charge is 0.512 e. The average molecular weight is 633 g/mol. The van der Waals surface area contributed by atoms with E-state index in [1.807, 2.05) is 6.07 Å². The number of rotatable bonds is 3. The van der Waals surface area contributed by atoms with Gasteiger partial charge in [-0.1, -0.05) is 43.7 Å². The van der Waals surface area contributed by atoms with Gasteiger partial charge in [-0.25, -0.2) is 0 Å². The van der Waals surface area contributed by atoms with Crippen LogP contribution in [0.25, 0.3) is 33.7 Å². The summed E-state index contributed by atoms with van der Waals surface area (Å²) in [4.78, 5) is 14.8. The molecule has 0 aliphatic carbocycles. The summed E-state index contributed by atoms with van der Waals surface area (Å²) in [5.41, 5.74) is 9.78. The van der Waals surface area contributed by atoms with Crippen LogP contribution < -0.4 is 0 Å². The van der Waals surface area contributed by atoms with Crippen molar-refractivity contribution in [2.75, 3.05) is 0 Å². The second-order valence-corrected chi connectivity index (χ2v) is 8.63. The van der Waals surface area contributed by atoms with Gasteiger partial charge in [-0.3, -0.25) is 9.78 Å². The molecule has 0 aliphatic heterocycles. The van der Waals surface area contributed by atoms with Crippen molar-refractivity contribution in [1.29, 1.82) is 0 Å². The number of aliphatic hydroxyl groups excluding tert-OH is 1. The van der Waals surface area contributed by atoms with Crippen LogP contribution in [-0.2, 0) is 24.9 Å². The number of hydrogen-bond acceptors (Lipinski definition) is 4. The summed E-state index contributed by atoms with van der Waals surface area (Å²) >= 11 is 0. The monoisotopic (exact) mass is 633 g/mol. The number of aromatic nitrogens is 1. The Morgan fingerprint density at radius 2 is 1.56 bits per heavy atom. The topological polar surface area (TPSA) is 63.3 Å². The van der Waals surface area contributed by atoms with Crippen LogP contribution in [0.15, 0.2) is 58.7 Å². The standard InChI is InChI=1S/C24H22NO.C5H8O2.Ir/c1-14-8-15(2)12-20(11-14)21-7-6-19-13-22(26-24(19)25-21)23-17(4)9-16(3)10-18(23)5;1-4(6)3-5(2)7;/h6-11,13H,1-5H3;3,6H,1-2H3;/q-1;;/b;4-3-;. The Bertz CT molecular complexity index is 1320. The van der Waals surface area contributed by atoms with Crippen LogP contribution in [0.4, 0.5) is 0 Å². The quantitative estimate of drug-likeness (QED) is 0.144. The molecule has 1 radical (unpaired) electrons. The van der Waals surface area contributed by atoms with Gasteiger partial charge < -0.3 is 9.52 Å². The first kappa shape index (κ1) is 27.2. The number of carbonyl (C=O) groups excluding carboxylic acids is 1. The number of pyridine rings is 1. The number of aryl methyl sites for hydroxylation is 5. The van der Waals surface area contributed by atoms with E-state index >= 15 is 0 Å². The molecule has 0 saturated heterocycles. The summed E-state index contributed by atoms with van der Waals surface area (Å²) in [6, 6.07) is 18.2. The van der Waals surface area contributed by atoms with Gasteiger partial charge in [-0.15, -0.1) is 34.9 Å². The van der Waals surface area contributed by atoms with E-state index in [-0.39, 0.29) is 31.6 Å². The molecule has 0 atom stereocenters. The van der Waals surface area contributed by atoms with Gasteiger partial charge in [0, 0.05) is 37.1 Å². The number of fused-ring (bicyclic) bond motifs is 1. The molecule has 4 rings (SSSR count). The fraction of sp³-hybridized carbons (Fsp3) is 0.241. The van der Waals surface area contributed by atoms with E-state index in [9.17, 15) is 4.79 Å². The SMILES string of the molecule is CC(=O)/C=C(/C)O.Cc1[c-]c(-c2ccc3cc(-c4c(C)cc(C)cc4C)oc3n2)cc(C)c1.[Ir]. The summed E-state index contributed by atoms with van der Waals surface area (Å²) in [6.07, 6.45) is 1.17. The minimum atomic E-state index is -0.125. The molecular formula is C29H30IrNO3-. The maximum absolute atomic E-state index is 10.0. The first-order valence-electron chi connectivity index (χ1n) is 10.9. The van der Waals surface area contributed by atoms with E-state index in [2.05, 4.69) is 77.1 Å². The Morgan fingerprint density at radius 3 is 2.09 bits per heavy atom. The Morgan fingerprint density at radius 1 is 0.941 bits per heavy atom. The van der Waals surface area contributed by atoms with Crippen LogP contribution >= 0.6 is 0 Å². The van der Waals surface area contributed by atoms with Crippen LogP contribution in [0.3, 0.4) is 0 Å². The Balaban J connectivity index is 0.000000449. The minimum Gasteiger partial charge on any atom is -0.512 e. The number of furan rings is 1. The number of hydrogen-bond donors (Lipinski definition) is 1. The van der Waals surface area contributed by atoms with E-state index in [0.717, 1.165) is 33.5 Å². The maximum Gasteiger partial charge on any atom is 0.217 e. The second-order valence-electron chi connectivity index (χ2n) is 8.63. The van der Waals surface area contributed by atoms with Crippen molar-refractivity contribution in [1.82, 2.24) is 4.98 Å². The number of allylic oxidation sites excluding steroid dienone is 2. The molecule has 4 nitrogen and oxygen atoms in total. The Kier molecular flexibility index (Phi) is 9.14. The predicted molar refractivity (Wildman–Crippen MR) is 134 cm³/mol.